The van der Waals surface area contributed by atoms with Gasteiger partial charge in [-0.2, -0.15) is 18.4 Å². The molecular weight excluding hydrogens is 599 g/mol. The van der Waals surface area contributed by atoms with Crippen molar-refractivity contribution < 1.29 is 32.6 Å². The molecule has 3 atom stereocenters. The van der Waals surface area contributed by atoms with Gasteiger partial charge in [0.05, 0.1) is 39.8 Å². The quantitative estimate of drug-likeness (QED) is 0.239. The lowest BCUT2D eigenvalue weighted by Gasteiger charge is -2.45. The van der Waals surface area contributed by atoms with E-state index in [9.17, 15) is 33.1 Å². The Morgan fingerprint density at radius 1 is 1.20 bits per heavy atom. The highest BCUT2D eigenvalue weighted by Gasteiger charge is 2.66. The number of nitrogens with one attached hydrogen (secondary N) is 2. The average molecular weight is 622 g/mol. The maximum atomic E-state index is 14.6. The van der Waals surface area contributed by atoms with Crippen LogP contribution in [0.25, 0.3) is 0 Å². The highest BCUT2D eigenvalue weighted by Crippen LogP contribution is 2.52. The molecule has 1 aliphatic heterocycles. The number of benzene rings is 2. The molecule has 2 aromatic carbocycles. The van der Waals surface area contributed by atoms with Crippen LogP contribution in [0.3, 0.4) is 0 Å². The Morgan fingerprint density at radius 3 is 2.49 bits per heavy atom. The van der Waals surface area contributed by atoms with Gasteiger partial charge < -0.3 is 20.5 Å². The second-order valence-electron chi connectivity index (χ2n) is 8.86. The van der Waals surface area contributed by atoms with Gasteiger partial charge in [-0.25, -0.2) is 0 Å². The molecular formula is C28H23ClF3N3O4S2. The summed E-state index contributed by atoms with van der Waals surface area (Å²) in [6.45, 7) is 2.29. The summed E-state index contributed by atoms with van der Waals surface area (Å²) in [5, 5.41) is 27.2. The predicted molar refractivity (Wildman–Crippen MR) is 152 cm³/mol. The fourth-order valence-electron chi connectivity index (χ4n) is 4.46. The number of nitriles is 1. The van der Waals surface area contributed by atoms with Crippen molar-refractivity contribution in [3.8, 4) is 11.8 Å². The van der Waals surface area contributed by atoms with Crippen LogP contribution in [0.15, 0.2) is 76.6 Å². The number of thiophene rings is 1. The number of amides is 1. The van der Waals surface area contributed by atoms with Crippen molar-refractivity contribution in [3.63, 3.8) is 0 Å². The molecule has 0 unspecified atom stereocenters. The Balaban J connectivity index is 1.73. The number of halogens is 4. The number of alkyl halides is 3. The minimum absolute atomic E-state index is 0.0123. The number of carbonyl (C=O) groups is 2. The Labute approximate surface area is 247 Å². The lowest BCUT2D eigenvalue weighted by atomic mass is 9.70. The molecule has 0 aliphatic carbocycles. The first-order chi connectivity index (χ1) is 19.5. The van der Waals surface area contributed by atoms with Crippen LogP contribution in [0, 0.1) is 17.2 Å². The van der Waals surface area contributed by atoms with Gasteiger partial charge in [-0.3, -0.25) is 9.59 Å². The zero-order chi connectivity index (χ0) is 29.8. The zero-order valence-electron chi connectivity index (χ0n) is 21.4. The molecule has 0 bridgehead atoms. The highest BCUT2D eigenvalue weighted by molar-refractivity contribution is 8.03. The van der Waals surface area contributed by atoms with Crippen LogP contribution in [0.4, 0.5) is 18.9 Å². The summed E-state index contributed by atoms with van der Waals surface area (Å²) in [7, 11) is 0. The van der Waals surface area contributed by atoms with Crippen LogP contribution in [-0.2, 0) is 4.79 Å². The number of aliphatic hydroxyl groups is 1. The van der Waals surface area contributed by atoms with Gasteiger partial charge in [-0.05, 0) is 54.3 Å². The average Bonchev–Trinajstić information content (AvgIpc) is 3.47. The summed E-state index contributed by atoms with van der Waals surface area (Å²) < 4.78 is 49.3. The molecule has 0 saturated heterocycles. The number of nitrogens with zero attached hydrogens (tertiary/aromatic N) is 1. The number of hydrogen-bond donors (Lipinski definition) is 3. The van der Waals surface area contributed by atoms with E-state index in [4.69, 9.17) is 16.3 Å². The Hall–Kier alpha value is -3.50. The summed E-state index contributed by atoms with van der Waals surface area (Å²) in [5.74, 6) is -5.17. The first-order valence-electron chi connectivity index (χ1n) is 12.2. The summed E-state index contributed by atoms with van der Waals surface area (Å²) in [5.41, 5.74) is -3.57. The third-order valence-corrected chi connectivity index (χ3v) is 8.53. The third kappa shape index (κ3) is 6.38. The fourth-order valence-corrected chi connectivity index (χ4v) is 6.32. The predicted octanol–water partition coefficient (Wildman–Crippen LogP) is 6.34. The number of thioether (sulfide) groups is 1. The van der Waals surface area contributed by atoms with Crippen molar-refractivity contribution in [1.29, 1.82) is 5.26 Å². The molecule has 1 aliphatic rings. The molecule has 13 heteroatoms. The van der Waals surface area contributed by atoms with Gasteiger partial charge in [-0.15, -0.1) is 11.3 Å². The van der Waals surface area contributed by atoms with Crippen molar-refractivity contribution in [3.05, 3.63) is 92.1 Å². The van der Waals surface area contributed by atoms with E-state index in [1.807, 2.05) is 18.3 Å². The highest BCUT2D eigenvalue weighted by atomic mass is 35.5. The maximum Gasteiger partial charge on any atom is 0.437 e. The number of carbonyl (C=O) groups excluding carboxylic acids is 2. The standard InChI is InChI=1S/C28H23ClF3N3O4S2/c1-2-39-17-11-9-16(10-12-17)34-22(36)15-41-26-19(14-33)23(18-6-3-4-7-20(18)29)24(25(37)21-8-5-13-40-21)27(38,35-26)28(30,31)32/h3-13,23-24,35,38H,2,15H2,1H3,(H,34,36)/t23-,24+,27+/m1/s1. The molecule has 214 valence electrons. The van der Waals surface area contributed by atoms with Crippen molar-refractivity contribution in [2.75, 3.05) is 17.7 Å². The van der Waals surface area contributed by atoms with Gasteiger partial charge in [0.15, 0.2) is 5.78 Å². The summed E-state index contributed by atoms with van der Waals surface area (Å²) >= 11 is 7.89. The van der Waals surface area contributed by atoms with Crippen molar-refractivity contribution in [2.45, 2.75) is 24.7 Å². The van der Waals surface area contributed by atoms with Crippen LogP contribution < -0.4 is 15.4 Å². The van der Waals surface area contributed by atoms with Gasteiger partial charge in [0.2, 0.25) is 11.6 Å². The molecule has 41 heavy (non-hydrogen) atoms. The number of Topliss-reactive ketones (excluding diaryl/α,β-unsaturated/α-hetero) is 1. The number of ether oxygens (including phenoxy) is 1. The number of rotatable bonds is 9. The van der Waals surface area contributed by atoms with Crippen molar-refractivity contribution in [2.24, 2.45) is 5.92 Å². The van der Waals surface area contributed by atoms with E-state index in [-0.39, 0.29) is 21.0 Å². The summed E-state index contributed by atoms with van der Waals surface area (Å²) in [6, 6.07) is 17.1. The SMILES string of the molecule is CCOc1ccc(NC(=O)CSC2=C(C#N)[C@@H](c3ccccc3Cl)[C@@H](C(=O)c3cccs3)[C@](O)(C(F)(F)F)N2)cc1. The lowest BCUT2D eigenvalue weighted by Crippen LogP contribution is -2.66. The van der Waals surface area contributed by atoms with E-state index < -0.39 is 46.2 Å². The first kappa shape index (κ1) is 30.5. The van der Waals surface area contributed by atoms with Crippen molar-refractivity contribution in [1.82, 2.24) is 5.32 Å². The second kappa shape index (κ2) is 12.6. The zero-order valence-corrected chi connectivity index (χ0v) is 23.8. The lowest BCUT2D eigenvalue weighted by molar-refractivity contribution is -0.285. The number of ketones is 1. The van der Waals surface area contributed by atoms with Crippen LogP contribution in [0.5, 0.6) is 5.75 Å². The Morgan fingerprint density at radius 2 is 1.90 bits per heavy atom. The van der Waals surface area contributed by atoms with Gasteiger partial charge in [0.25, 0.3) is 0 Å². The molecule has 2 heterocycles. The molecule has 3 N–H and O–H groups in total. The number of allylic oxidation sites excluding steroid dienone is 1. The van der Waals surface area contributed by atoms with E-state index in [0.29, 0.717) is 29.8 Å². The molecule has 0 saturated carbocycles. The molecule has 1 amide bonds. The molecule has 3 aromatic rings. The molecule has 0 spiro atoms. The third-order valence-electron chi connectivity index (χ3n) is 6.28. The van der Waals surface area contributed by atoms with Crippen LogP contribution in [0.2, 0.25) is 5.02 Å². The van der Waals surface area contributed by atoms with Gasteiger partial charge in [0, 0.05) is 16.6 Å². The van der Waals surface area contributed by atoms with Crippen LogP contribution in [0.1, 0.15) is 28.1 Å². The monoisotopic (exact) mass is 621 g/mol. The maximum absolute atomic E-state index is 14.6. The minimum atomic E-state index is -5.36. The van der Waals surface area contributed by atoms with Gasteiger partial charge in [0.1, 0.15) is 5.75 Å². The second-order valence-corrected chi connectivity index (χ2v) is 11.2. The van der Waals surface area contributed by atoms with E-state index in [2.05, 4.69) is 5.32 Å². The Bertz CT molecular complexity index is 1490. The number of hydrogen-bond acceptors (Lipinski definition) is 8. The topological polar surface area (TPSA) is 111 Å². The number of anilines is 1. The molecule has 1 aromatic heterocycles. The van der Waals surface area contributed by atoms with E-state index in [1.54, 1.807) is 30.3 Å². The molecule has 7 nitrogen and oxygen atoms in total. The van der Waals surface area contributed by atoms with Gasteiger partial charge in [-0.1, -0.05) is 47.6 Å². The normalized spacial score (nSPS) is 20.6. The summed E-state index contributed by atoms with van der Waals surface area (Å²) in [6.07, 6.45) is -5.36. The molecule has 4 rings (SSSR count). The largest absolute Gasteiger partial charge is 0.494 e. The Kier molecular flexibility index (Phi) is 9.34. The van der Waals surface area contributed by atoms with Crippen LogP contribution >= 0.6 is 34.7 Å². The molecule has 0 radical (unpaired) electrons. The molecule has 0 fully saturated rings. The van der Waals surface area contributed by atoms with Gasteiger partial charge >= 0.3 is 6.18 Å². The minimum Gasteiger partial charge on any atom is -0.494 e. The van der Waals surface area contributed by atoms with E-state index in [1.165, 1.54) is 35.7 Å². The fraction of sp³-hybridized carbons (Fsp3) is 0.250. The van der Waals surface area contributed by atoms with E-state index in [0.717, 1.165) is 11.3 Å². The van der Waals surface area contributed by atoms with Crippen LogP contribution in [-0.4, -0.2) is 41.1 Å². The van der Waals surface area contributed by atoms with Crippen molar-refractivity contribution >= 4 is 52.1 Å². The summed E-state index contributed by atoms with van der Waals surface area (Å²) in [4.78, 5) is 26.2. The smallest absolute Gasteiger partial charge is 0.437 e. The first-order valence-corrected chi connectivity index (χ1v) is 14.4. The van der Waals surface area contributed by atoms with E-state index >= 15 is 0 Å².